The summed E-state index contributed by atoms with van der Waals surface area (Å²) in [5.41, 5.74) is 1.07. The highest BCUT2D eigenvalue weighted by Crippen LogP contribution is 2.33. The third-order valence-corrected chi connectivity index (χ3v) is 6.32. The Morgan fingerprint density at radius 3 is 2.75 bits per heavy atom. The van der Waals surface area contributed by atoms with Gasteiger partial charge in [-0.1, -0.05) is 12.8 Å². The van der Waals surface area contributed by atoms with Crippen LogP contribution < -0.4 is 9.47 Å². The van der Waals surface area contributed by atoms with Crippen molar-refractivity contribution < 1.29 is 19.0 Å². The van der Waals surface area contributed by atoms with Gasteiger partial charge in [0.25, 0.3) is 0 Å². The van der Waals surface area contributed by atoms with E-state index in [1.807, 2.05) is 18.2 Å². The number of carbonyl (C=O) groups is 1. The number of hydrogen-bond donors (Lipinski definition) is 0. The van der Waals surface area contributed by atoms with Crippen LogP contribution in [-0.2, 0) is 16.1 Å². The highest BCUT2D eigenvalue weighted by molar-refractivity contribution is 5.79. The topological polar surface area (TPSA) is 51.2 Å². The molecule has 28 heavy (non-hydrogen) atoms. The van der Waals surface area contributed by atoms with E-state index < -0.39 is 0 Å². The fraction of sp³-hybridized carbons (Fsp3) is 0.682. The molecule has 2 unspecified atom stereocenters. The molecule has 154 valence electrons. The zero-order valence-electron chi connectivity index (χ0n) is 17.1. The Morgan fingerprint density at radius 1 is 1.18 bits per heavy atom. The van der Waals surface area contributed by atoms with Gasteiger partial charge in [0.15, 0.2) is 0 Å². The van der Waals surface area contributed by atoms with Gasteiger partial charge < -0.3 is 19.1 Å². The van der Waals surface area contributed by atoms with Gasteiger partial charge in [0.05, 0.1) is 39.5 Å². The van der Waals surface area contributed by atoms with E-state index in [1.54, 1.807) is 14.2 Å². The fourth-order valence-electron chi connectivity index (χ4n) is 4.65. The van der Waals surface area contributed by atoms with Crippen LogP contribution in [-0.4, -0.2) is 67.8 Å². The Hall–Kier alpha value is -1.79. The van der Waals surface area contributed by atoms with Crippen LogP contribution >= 0.6 is 0 Å². The van der Waals surface area contributed by atoms with E-state index in [2.05, 4.69) is 9.80 Å². The van der Waals surface area contributed by atoms with Crippen molar-refractivity contribution in [2.75, 3.05) is 33.9 Å². The number of benzene rings is 1. The van der Waals surface area contributed by atoms with Gasteiger partial charge in [-0.3, -0.25) is 9.69 Å². The lowest BCUT2D eigenvalue weighted by atomic mass is 9.90. The maximum absolute atomic E-state index is 13.2. The highest BCUT2D eigenvalue weighted by atomic mass is 16.5. The largest absolute Gasteiger partial charge is 0.497 e. The fourth-order valence-corrected chi connectivity index (χ4v) is 4.65. The van der Waals surface area contributed by atoms with Crippen LogP contribution in [0.25, 0.3) is 0 Å². The molecule has 3 fully saturated rings. The molecule has 6 nitrogen and oxygen atoms in total. The molecule has 0 spiro atoms. The molecular formula is C22H32N2O4. The molecule has 0 aromatic heterocycles. The zero-order chi connectivity index (χ0) is 19.5. The van der Waals surface area contributed by atoms with Crippen molar-refractivity contribution in [3.05, 3.63) is 23.8 Å². The smallest absolute Gasteiger partial charge is 0.237 e. The quantitative estimate of drug-likeness (QED) is 0.719. The van der Waals surface area contributed by atoms with Gasteiger partial charge in [-0.05, 0) is 43.9 Å². The molecule has 2 atom stereocenters. The summed E-state index contributed by atoms with van der Waals surface area (Å²) in [5, 5.41) is 0. The predicted molar refractivity (Wildman–Crippen MR) is 107 cm³/mol. The minimum Gasteiger partial charge on any atom is -0.497 e. The van der Waals surface area contributed by atoms with Gasteiger partial charge in [0.1, 0.15) is 11.5 Å². The number of morpholine rings is 1. The van der Waals surface area contributed by atoms with Gasteiger partial charge in [0.2, 0.25) is 5.91 Å². The standard InChI is InChI=1S/C22H32N2O4/c1-26-18-9-10-20(27-2)16(13-18)14-23(17-7-8-17)15-22(25)24-11-12-28-21-6-4-3-5-19(21)24/h9-10,13,17,19,21H,3-8,11-12,14-15H2,1-2H3. The first-order valence-electron chi connectivity index (χ1n) is 10.6. The first-order chi connectivity index (χ1) is 13.7. The second-order valence-electron chi connectivity index (χ2n) is 8.16. The van der Waals surface area contributed by atoms with Gasteiger partial charge in [-0.15, -0.1) is 0 Å². The number of methoxy groups -OCH3 is 2. The van der Waals surface area contributed by atoms with Crippen molar-refractivity contribution >= 4 is 5.91 Å². The SMILES string of the molecule is COc1ccc(OC)c(CN(CC(=O)N2CCOC3CCCCC32)C2CC2)c1. The second kappa shape index (κ2) is 8.70. The number of fused-ring (bicyclic) bond motifs is 1. The summed E-state index contributed by atoms with van der Waals surface area (Å²) < 4.78 is 16.9. The lowest BCUT2D eigenvalue weighted by molar-refractivity contribution is -0.150. The molecular weight excluding hydrogens is 356 g/mol. The molecule has 1 heterocycles. The third kappa shape index (κ3) is 4.28. The van der Waals surface area contributed by atoms with Crippen molar-refractivity contribution in [3.63, 3.8) is 0 Å². The zero-order valence-corrected chi connectivity index (χ0v) is 17.1. The number of ether oxygens (including phenoxy) is 3. The lowest BCUT2D eigenvalue weighted by Gasteiger charge is -2.44. The molecule has 2 aliphatic carbocycles. The average molecular weight is 389 g/mol. The molecule has 2 saturated carbocycles. The first-order valence-corrected chi connectivity index (χ1v) is 10.6. The van der Waals surface area contributed by atoms with Crippen molar-refractivity contribution in [1.29, 1.82) is 0 Å². The molecule has 0 bridgehead atoms. The van der Waals surface area contributed by atoms with Crippen LogP contribution in [0, 0.1) is 0 Å². The maximum atomic E-state index is 13.2. The van der Waals surface area contributed by atoms with Crippen molar-refractivity contribution in [3.8, 4) is 11.5 Å². The molecule has 0 radical (unpaired) electrons. The van der Waals surface area contributed by atoms with E-state index in [0.717, 1.165) is 49.3 Å². The van der Waals surface area contributed by atoms with E-state index in [4.69, 9.17) is 14.2 Å². The first kappa shape index (κ1) is 19.5. The molecule has 4 rings (SSSR count). The van der Waals surface area contributed by atoms with Crippen LogP contribution in [0.5, 0.6) is 11.5 Å². The van der Waals surface area contributed by atoms with Crippen LogP contribution in [0.4, 0.5) is 0 Å². The summed E-state index contributed by atoms with van der Waals surface area (Å²) in [6.07, 6.45) is 7.13. The van der Waals surface area contributed by atoms with Gasteiger partial charge in [-0.25, -0.2) is 0 Å². The van der Waals surface area contributed by atoms with Gasteiger partial charge >= 0.3 is 0 Å². The number of carbonyl (C=O) groups excluding carboxylic acids is 1. The molecule has 1 amide bonds. The monoisotopic (exact) mass is 388 g/mol. The summed E-state index contributed by atoms with van der Waals surface area (Å²) in [5.74, 6) is 1.91. The number of rotatable bonds is 7. The number of nitrogens with zero attached hydrogens (tertiary/aromatic N) is 2. The molecule has 1 aromatic carbocycles. The lowest BCUT2D eigenvalue weighted by Crippen LogP contribution is -2.56. The minimum atomic E-state index is 0.235. The van der Waals surface area contributed by atoms with Crippen LogP contribution in [0.15, 0.2) is 18.2 Å². The summed E-state index contributed by atoms with van der Waals surface area (Å²) >= 11 is 0. The Bertz CT molecular complexity index is 689. The molecule has 1 saturated heterocycles. The summed E-state index contributed by atoms with van der Waals surface area (Å²) in [6.45, 7) is 2.56. The average Bonchev–Trinajstić information content (AvgIpc) is 3.58. The predicted octanol–water partition coefficient (Wildman–Crippen LogP) is 2.84. The van der Waals surface area contributed by atoms with Gasteiger partial charge in [0, 0.05) is 24.7 Å². The van der Waals surface area contributed by atoms with Crippen LogP contribution in [0.1, 0.15) is 44.1 Å². The Balaban J connectivity index is 1.46. The van der Waals surface area contributed by atoms with Crippen LogP contribution in [0.2, 0.25) is 0 Å². The minimum absolute atomic E-state index is 0.235. The second-order valence-corrected chi connectivity index (χ2v) is 8.16. The van der Waals surface area contributed by atoms with E-state index in [0.29, 0.717) is 25.7 Å². The van der Waals surface area contributed by atoms with E-state index in [-0.39, 0.29) is 18.1 Å². The third-order valence-electron chi connectivity index (χ3n) is 6.32. The summed E-state index contributed by atoms with van der Waals surface area (Å²) in [4.78, 5) is 17.7. The van der Waals surface area contributed by atoms with Crippen molar-refractivity contribution in [2.45, 2.75) is 63.3 Å². The molecule has 0 N–H and O–H groups in total. The van der Waals surface area contributed by atoms with Crippen molar-refractivity contribution in [1.82, 2.24) is 9.80 Å². The molecule has 6 heteroatoms. The summed E-state index contributed by atoms with van der Waals surface area (Å²) in [7, 11) is 3.36. The maximum Gasteiger partial charge on any atom is 0.237 e. The number of amides is 1. The van der Waals surface area contributed by atoms with E-state index >= 15 is 0 Å². The normalized spacial score (nSPS) is 24.8. The molecule has 1 aliphatic heterocycles. The Kier molecular flexibility index (Phi) is 6.07. The Morgan fingerprint density at radius 2 is 2.00 bits per heavy atom. The van der Waals surface area contributed by atoms with E-state index in [9.17, 15) is 4.79 Å². The Labute approximate surface area is 167 Å². The molecule has 3 aliphatic rings. The summed E-state index contributed by atoms with van der Waals surface area (Å²) in [6, 6.07) is 6.62. The number of hydrogen-bond acceptors (Lipinski definition) is 5. The van der Waals surface area contributed by atoms with Gasteiger partial charge in [-0.2, -0.15) is 0 Å². The van der Waals surface area contributed by atoms with Crippen LogP contribution in [0.3, 0.4) is 0 Å². The van der Waals surface area contributed by atoms with E-state index in [1.165, 1.54) is 12.8 Å². The highest BCUT2D eigenvalue weighted by Gasteiger charge is 2.38. The van der Waals surface area contributed by atoms with Crippen molar-refractivity contribution in [2.24, 2.45) is 0 Å². The molecule has 1 aromatic rings.